The average molecular weight is 279 g/mol. The van der Waals surface area contributed by atoms with Gasteiger partial charge in [-0.2, -0.15) is 0 Å². The molecule has 20 heavy (non-hydrogen) atoms. The van der Waals surface area contributed by atoms with Gasteiger partial charge in [0.05, 0.1) is 12.7 Å². The molecule has 0 saturated heterocycles. The Bertz CT molecular complexity index is 334. The summed E-state index contributed by atoms with van der Waals surface area (Å²) in [6.07, 6.45) is 11.6. The summed E-state index contributed by atoms with van der Waals surface area (Å²) >= 11 is 0. The summed E-state index contributed by atoms with van der Waals surface area (Å²) in [6, 6.07) is 0.763. The van der Waals surface area contributed by atoms with Crippen molar-refractivity contribution in [3.8, 4) is 0 Å². The molecular formula is C18H33NO. The number of ether oxygens (including phenoxy) is 1. The normalized spacial score (nSPS) is 40.4. The topological polar surface area (TPSA) is 21.3 Å². The number of nitrogens with one attached hydrogen (secondary N) is 1. The molecule has 0 heterocycles. The first kappa shape index (κ1) is 14.8. The highest BCUT2D eigenvalue weighted by atomic mass is 16.5. The Morgan fingerprint density at radius 2 is 1.80 bits per heavy atom. The Morgan fingerprint density at radius 3 is 2.40 bits per heavy atom. The van der Waals surface area contributed by atoms with Gasteiger partial charge in [-0.15, -0.1) is 0 Å². The van der Waals surface area contributed by atoms with Crippen molar-refractivity contribution in [2.45, 2.75) is 84.3 Å². The molecule has 2 nitrogen and oxygen atoms in total. The van der Waals surface area contributed by atoms with Gasteiger partial charge >= 0.3 is 0 Å². The van der Waals surface area contributed by atoms with E-state index in [0.717, 1.165) is 25.1 Å². The van der Waals surface area contributed by atoms with Crippen LogP contribution in [0.2, 0.25) is 0 Å². The molecule has 2 heteroatoms. The SMILES string of the molecule is CC1(C)[C@H]2CC[C@@]1(C)[C@H](OCCNC1CCCCC1)C2. The van der Waals surface area contributed by atoms with Crippen LogP contribution in [0.4, 0.5) is 0 Å². The fourth-order valence-corrected chi connectivity index (χ4v) is 5.15. The van der Waals surface area contributed by atoms with E-state index in [1.54, 1.807) is 0 Å². The molecule has 3 atom stereocenters. The summed E-state index contributed by atoms with van der Waals surface area (Å²) in [5, 5.41) is 3.70. The first-order valence-corrected chi connectivity index (χ1v) is 8.89. The predicted molar refractivity (Wildman–Crippen MR) is 83.8 cm³/mol. The Kier molecular flexibility index (Phi) is 4.16. The molecule has 0 spiro atoms. The second-order valence-corrected chi connectivity index (χ2v) is 8.26. The van der Waals surface area contributed by atoms with Crippen LogP contribution in [-0.2, 0) is 4.74 Å². The minimum atomic E-state index is 0.419. The third kappa shape index (κ3) is 2.43. The zero-order valence-corrected chi connectivity index (χ0v) is 13.7. The van der Waals surface area contributed by atoms with Gasteiger partial charge in [-0.25, -0.2) is 0 Å². The van der Waals surface area contributed by atoms with Crippen molar-refractivity contribution >= 4 is 0 Å². The molecule has 0 aliphatic heterocycles. The van der Waals surface area contributed by atoms with E-state index < -0.39 is 0 Å². The lowest BCUT2D eigenvalue weighted by Gasteiger charge is -2.39. The van der Waals surface area contributed by atoms with Gasteiger partial charge < -0.3 is 10.1 Å². The minimum Gasteiger partial charge on any atom is -0.376 e. The molecule has 3 saturated carbocycles. The van der Waals surface area contributed by atoms with Gasteiger partial charge in [0.2, 0.25) is 0 Å². The van der Waals surface area contributed by atoms with Crippen LogP contribution in [0.15, 0.2) is 0 Å². The highest BCUT2D eigenvalue weighted by Crippen LogP contribution is 2.66. The fraction of sp³-hybridized carbons (Fsp3) is 1.00. The maximum absolute atomic E-state index is 6.30. The molecule has 0 unspecified atom stereocenters. The lowest BCUT2D eigenvalue weighted by Crippen LogP contribution is -2.39. The van der Waals surface area contributed by atoms with E-state index in [-0.39, 0.29) is 0 Å². The second-order valence-electron chi connectivity index (χ2n) is 8.26. The predicted octanol–water partition coefficient (Wildman–Crippen LogP) is 4.14. The molecule has 3 fully saturated rings. The van der Waals surface area contributed by atoms with Crippen molar-refractivity contribution in [1.29, 1.82) is 0 Å². The van der Waals surface area contributed by atoms with Crippen LogP contribution in [-0.4, -0.2) is 25.3 Å². The van der Waals surface area contributed by atoms with Crippen LogP contribution in [0.25, 0.3) is 0 Å². The van der Waals surface area contributed by atoms with Gasteiger partial charge in [0.1, 0.15) is 0 Å². The highest BCUT2D eigenvalue weighted by molar-refractivity contribution is 5.11. The van der Waals surface area contributed by atoms with Crippen molar-refractivity contribution in [2.75, 3.05) is 13.2 Å². The Balaban J connectivity index is 1.41. The minimum absolute atomic E-state index is 0.419. The highest BCUT2D eigenvalue weighted by Gasteiger charge is 2.61. The van der Waals surface area contributed by atoms with Crippen molar-refractivity contribution in [1.82, 2.24) is 5.32 Å². The summed E-state index contributed by atoms with van der Waals surface area (Å²) in [4.78, 5) is 0. The second kappa shape index (κ2) is 5.61. The Morgan fingerprint density at radius 1 is 1.05 bits per heavy atom. The average Bonchev–Trinajstić information content (AvgIpc) is 2.78. The molecule has 2 bridgehead atoms. The maximum Gasteiger partial charge on any atom is 0.0637 e. The van der Waals surface area contributed by atoms with E-state index >= 15 is 0 Å². The van der Waals surface area contributed by atoms with E-state index in [0.29, 0.717) is 16.9 Å². The van der Waals surface area contributed by atoms with Crippen LogP contribution >= 0.6 is 0 Å². The molecule has 116 valence electrons. The molecule has 1 N–H and O–H groups in total. The number of hydrogen-bond acceptors (Lipinski definition) is 2. The first-order valence-electron chi connectivity index (χ1n) is 8.89. The summed E-state index contributed by atoms with van der Waals surface area (Å²) in [5.74, 6) is 0.892. The quantitative estimate of drug-likeness (QED) is 0.764. The van der Waals surface area contributed by atoms with Crippen molar-refractivity contribution < 1.29 is 4.74 Å². The zero-order valence-electron chi connectivity index (χ0n) is 13.7. The standard InChI is InChI=1S/C18H33NO/c1-17(2)14-9-10-18(17,3)16(13-14)20-12-11-19-15-7-5-4-6-8-15/h14-16,19H,4-13H2,1-3H3/t14-,16+,18-/m0/s1. The largest absolute Gasteiger partial charge is 0.376 e. The number of rotatable bonds is 5. The lowest BCUT2D eigenvalue weighted by molar-refractivity contribution is -0.0455. The van der Waals surface area contributed by atoms with Gasteiger partial charge in [0.25, 0.3) is 0 Å². The Hall–Kier alpha value is -0.0800. The number of fused-ring (bicyclic) bond motifs is 2. The third-order valence-electron chi connectivity index (χ3n) is 7.17. The van der Waals surface area contributed by atoms with Gasteiger partial charge in [0, 0.05) is 12.6 Å². The van der Waals surface area contributed by atoms with Gasteiger partial charge in [-0.3, -0.25) is 0 Å². The van der Waals surface area contributed by atoms with Crippen LogP contribution in [0.3, 0.4) is 0 Å². The molecule has 3 aliphatic carbocycles. The molecule has 0 aromatic carbocycles. The maximum atomic E-state index is 6.30. The summed E-state index contributed by atoms with van der Waals surface area (Å²) < 4.78 is 6.30. The summed E-state index contributed by atoms with van der Waals surface area (Å²) in [7, 11) is 0. The third-order valence-corrected chi connectivity index (χ3v) is 7.17. The zero-order chi connectivity index (χ0) is 14.2. The fourth-order valence-electron chi connectivity index (χ4n) is 5.15. The monoisotopic (exact) mass is 279 g/mol. The lowest BCUT2D eigenvalue weighted by atomic mass is 9.70. The Labute approximate surface area is 125 Å². The molecule has 3 aliphatic rings. The van der Waals surface area contributed by atoms with Crippen molar-refractivity contribution in [3.05, 3.63) is 0 Å². The molecular weight excluding hydrogens is 246 g/mol. The van der Waals surface area contributed by atoms with E-state index in [2.05, 4.69) is 26.1 Å². The van der Waals surface area contributed by atoms with Crippen LogP contribution < -0.4 is 5.32 Å². The van der Waals surface area contributed by atoms with Crippen LogP contribution in [0.5, 0.6) is 0 Å². The van der Waals surface area contributed by atoms with Crippen LogP contribution in [0, 0.1) is 16.7 Å². The van der Waals surface area contributed by atoms with E-state index in [1.165, 1.54) is 51.4 Å². The first-order chi connectivity index (χ1) is 9.54. The van der Waals surface area contributed by atoms with Crippen molar-refractivity contribution in [3.63, 3.8) is 0 Å². The summed E-state index contributed by atoms with van der Waals surface area (Å²) in [6.45, 7) is 9.35. The van der Waals surface area contributed by atoms with Crippen LogP contribution in [0.1, 0.15) is 72.1 Å². The molecule has 0 amide bonds. The molecule has 0 aromatic heterocycles. The van der Waals surface area contributed by atoms with E-state index in [9.17, 15) is 0 Å². The number of hydrogen-bond donors (Lipinski definition) is 1. The van der Waals surface area contributed by atoms with E-state index in [4.69, 9.17) is 4.74 Å². The molecule has 0 aromatic rings. The van der Waals surface area contributed by atoms with Gasteiger partial charge in [0.15, 0.2) is 0 Å². The van der Waals surface area contributed by atoms with E-state index in [1.807, 2.05) is 0 Å². The van der Waals surface area contributed by atoms with Gasteiger partial charge in [-0.1, -0.05) is 40.0 Å². The molecule has 0 radical (unpaired) electrons. The van der Waals surface area contributed by atoms with Crippen molar-refractivity contribution in [2.24, 2.45) is 16.7 Å². The smallest absolute Gasteiger partial charge is 0.0637 e. The molecule has 3 rings (SSSR count). The van der Waals surface area contributed by atoms with Gasteiger partial charge in [-0.05, 0) is 48.9 Å². The summed E-state index contributed by atoms with van der Waals surface area (Å²) in [5.41, 5.74) is 0.900.